The summed E-state index contributed by atoms with van der Waals surface area (Å²) >= 11 is 0. The standard InChI is InChI=1S/C21H23N3O4/c1-23-20(25)27-18-9-8-16-15(12-22)10-14(13-6-4-3-5-7-13)11-17(16)19(18)28-21(26)24-2/h3-10,14H,11-12,22H2,1-2H3,(H,23,25)(H,24,26). The average Bonchev–Trinajstić information content (AvgIpc) is 2.74. The fourth-order valence-corrected chi connectivity index (χ4v) is 3.30. The van der Waals surface area contributed by atoms with Crippen LogP contribution in [-0.4, -0.2) is 32.8 Å². The Bertz CT molecular complexity index is 909. The van der Waals surface area contributed by atoms with Gasteiger partial charge < -0.3 is 25.8 Å². The van der Waals surface area contributed by atoms with E-state index in [2.05, 4.69) is 16.7 Å². The van der Waals surface area contributed by atoms with Crippen molar-refractivity contribution >= 4 is 17.8 Å². The molecule has 0 aromatic heterocycles. The minimum Gasteiger partial charge on any atom is -0.406 e. The molecule has 28 heavy (non-hydrogen) atoms. The molecule has 2 aromatic rings. The third-order valence-electron chi connectivity index (χ3n) is 4.65. The van der Waals surface area contributed by atoms with Gasteiger partial charge in [-0.15, -0.1) is 0 Å². The number of ether oxygens (including phenoxy) is 2. The summed E-state index contributed by atoms with van der Waals surface area (Å²) < 4.78 is 10.8. The van der Waals surface area contributed by atoms with Crippen LogP contribution in [-0.2, 0) is 6.42 Å². The van der Waals surface area contributed by atoms with Crippen molar-refractivity contribution in [1.29, 1.82) is 0 Å². The lowest BCUT2D eigenvalue weighted by Crippen LogP contribution is -2.26. The summed E-state index contributed by atoms with van der Waals surface area (Å²) in [5.74, 6) is 0.460. The van der Waals surface area contributed by atoms with Crippen molar-refractivity contribution in [3.63, 3.8) is 0 Å². The first-order chi connectivity index (χ1) is 13.6. The fraction of sp³-hybridized carbons (Fsp3) is 0.238. The number of carbonyl (C=O) groups excluding carboxylic acids is 2. The molecule has 0 heterocycles. The fourth-order valence-electron chi connectivity index (χ4n) is 3.30. The zero-order valence-corrected chi connectivity index (χ0v) is 15.8. The van der Waals surface area contributed by atoms with Crippen molar-refractivity contribution < 1.29 is 19.1 Å². The monoisotopic (exact) mass is 381 g/mol. The van der Waals surface area contributed by atoms with Crippen molar-refractivity contribution in [3.8, 4) is 11.5 Å². The normalized spacial score (nSPS) is 15.1. The van der Waals surface area contributed by atoms with E-state index in [-0.39, 0.29) is 17.4 Å². The first-order valence-corrected chi connectivity index (χ1v) is 8.98. The summed E-state index contributed by atoms with van der Waals surface area (Å²) in [6, 6.07) is 13.5. The van der Waals surface area contributed by atoms with E-state index in [1.807, 2.05) is 36.4 Å². The Morgan fingerprint density at radius 1 is 1.04 bits per heavy atom. The number of hydrogen-bond donors (Lipinski definition) is 3. The number of nitrogens with two attached hydrogens (primary N) is 1. The van der Waals surface area contributed by atoms with Crippen molar-refractivity contribution in [3.05, 3.63) is 65.2 Å². The van der Waals surface area contributed by atoms with Gasteiger partial charge >= 0.3 is 12.2 Å². The summed E-state index contributed by atoms with van der Waals surface area (Å²) in [5, 5.41) is 4.82. The Hall–Kier alpha value is -3.32. The molecule has 1 aliphatic rings. The van der Waals surface area contributed by atoms with Gasteiger partial charge in [0.1, 0.15) is 0 Å². The van der Waals surface area contributed by atoms with E-state index in [1.165, 1.54) is 14.1 Å². The third-order valence-corrected chi connectivity index (χ3v) is 4.65. The van der Waals surface area contributed by atoms with Crippen LogP contribution in [0.5, 0.6) is 11.5 Å². The molecule has 0 spiro atoms. The van der Waals surface area contributed by atoms with E-state index < -0.39 is 12.2 Å². The van der Waals surface area contributed by atoms with Crippen LogP contribution < -0.4 is 25.8 Å². The first kappa shape index (κ1) is 19.4. The molecule has 1 unspecified atom stereocenters. The minimum atomic E-state index is -0.647. The second-order valence-corrected chi connectivity index (χ2v) is 6.32. The SMILES string of the molecule is CNC(=O)Oc1ccc2c(c1OC(=O)NC)CC(c1ccccc1)C=C2CN. The Labute approximate surface area is 163 Å². The van der Waals surface area contributed by atoms with Crippen LogP contribution in [0.15, 0.2) is 48.5 Å². The Morgan fingerprint density at radius 3 is 2.36 bits per heavy atom. The molecule has 7 nitrogen and oxygen atoms in total. The van der Waals surface area contributed by atoms with Gasteiger partial charge in [-0.3, -0.25) is 0 Å². The molecular formula is C21H23N3O4. The highest BCUT2D eigenvalue weighted by Gasteiger charge is 2.27. The Morgan fingerprint density at radius 2 is 1.71 bits per heavy atom. The van der Waals surface area contributed by atoms with E-state index in [0.717, 1.165) is 22.3 Å². The molecule has 0 saturated carbocycles. The maximum Gasteiger partial charge on any atom is 0.412 e. The van der Waals surface area contributed by atoms with Crippen LogP contribution in [0.4, 0.5) is 9.59 Å². The number of benzene rings is 2. The van der Waals surface area contributed by atoms with Crippen LogP contribution in [0, 0.1) is 0 Å². The summed E-state index contributed by atoms with van der Waals surface area (Å²) in [6.45, 7) is 0.339. The molecule has 4 N–H and O–H groups in total. The highest BCUT2D eigenvalue weighted by Crippen LogP contribution is 2.43. The molecule has 146 valence electrons. The van der Waals surface area contributed by atoms with E-state index in [9.17, 15) is 9.59 Å². The molecule has 2 aromatic carbocycles. The second-order valence-electron chi connectivity index (χ2n) is 6.32. The van der Waals surface area contributed by atoms with Crippen molar-refractivity contribution in [2.45, 2.75) is 12.3 Å². The van der Waals surface area contributed by atoms with Crippen molar-refractivity contribution in [2.75, 3.05) is 20.6 Å². The quantitative estimate of drug-likeness (QED) is 0.756. The maximum atomic E-state index is 11.9. The molecule has 0 saturated heterocycles. The predicted octanol–water partition coefficient (Wildman–Crippen LogP) is 2.81. The van der Waals surface area contributed by atoms with Gasteiger partial charge in [-0.1, -0.05) is 42.5 Å². The number of nitrogens with one attached hydrogen (secondary N) is 2. The van der Waals surface area contributed by atoms with E-state index >= 15 is 0 Å². The average molecular weight is 381 g/mol. The number of hydrogen-bond acceptors (Lipinski definition) is 5. The largest absolute Gasteiger partial charge is 0.412 e. The molecule has 3 rings (SSSR count). The zero-order chi connectivity index (χ0) is 20.1. The molecule has 0 aliphatic heterocycles. The van der Waals surface area contributed by atoms with E-state index in [4.69, 9.17) is 15.2 Å². The summed E-state index contributed by atoms with van der Waals surface area (Å²) in [7, 11) is 2.93. The minimum absolute atomic E-state index is 0.0644. The molecule has 1 aliphatic carbocycles. The first-order valence-electron chi connectivity index (χ1n) is 8.98. The van der Waals surface area contributed by atoms with Crippen LogP contribution >= 0.6 is 0 Å². The zero-order valence-electron chi connectivity index (χ0n) is 15.8. The Balaban J connectivity index is 2.11. The Kier molecular flexibility index (Phi) is 5.96. The topological polar surface area (TPSA) is 103 Å². The van der Waals surface area contributed by atoms with Crippen LogP contribution in [0.2, 0.25) is 0 Å². The lowest BCUT2D eigenvalue weighted by atomic mass is 9.80. The highest BCUT2D eigenvalue weighted by molar-refractivity contribution is 5.80. The molecular weight excluding hydrogens is 358 g/mol. The third kappa shape index (κ3) is 3.99. The number of allylic oxidation sites excluding steroid dienone is 1. The van der Waals surface area contributed by atoms with Gasteiger partial charge in [0.05, 0.1) is 0 Å². The molecule has 2 amide bonds. The van der Waals surface area contributed by atoms with Gasteiger partial charge in [-0.25, -0.2) is 9.59 Å². The summed E-state index contributed by atoms with van der Waals surface area (Å²) in [5.41, 5.74) is 9.73. The van der Waals surface area contributed by atoms with Gasteiger partial charge in [0.2, 0.25) is 0 Å². The smallest absolute Gasteiger partial charge is 0.406 e. The van der Waals surface area contributed by atoms with Crippen molar-refractivity contribution in [2.24, 2.45) is 5.73 Å². The lowest BCUT2D eigenvalue weighted by Gasteiger charge is -2.27. The predicted molar refractivity (Wildman–Crippen MR) is 107 cm³/mol. The van der Waals surface area contributed by atoms with Gasteiger partial charge in [0, 0.05) is 32.1 Å². The molecule has 0 fully saturated rings. The molecule has 0 radical (unpaired) electrons. The molecule has 7 heteroatoms. The second kappa shape index (κ2) is 8.58. The highest BCUT2D eigenvalue weighted by atomic mass is 16.6. The van der Waals surface area contributed by atoms with Gasteiger partial charge in [0.15, 0.2) is 11.5 Å². The van der Waals surface area contributed by atoms with E-state index in [0.29, 0.717) is 13.0 Å². The van der Waals surface area contributed by atoms with Crippen LogP contribution in [0.3, 0.4) is 0 Å². The van der Waals surface area contributed by atoms with Gasteiger partial charge in [0.25, 0.3) is 0 Å². The number of fused-ring (bicyclic) bond motifs is 1. The number of amides is 2. The van der Waals surface area contributed by atoms with Crippen LogP contribution in [0.25, 0.3) is 5.57 Å². The maximum absolute atomic E-state index is 11.9. The van der Waals surface area contributed by atoms with E-state index in [1.54, 1.807) is 6.07 Å². The summed E-state index contributed by atoms with van der Waals surface area (Å²) in [6.07, 6.45) is 1.43. The van der Waals surface area contributed by atoms with Crippen molar-refractivity contribution in [1.82, 2.24) is 10.6 Å². The molecule has 0 bridgehead atoms. The number of rotatable bonds is 4. The lowest BCUT2D eigenvalue weighted by molar-refractivity contribution is 0.191. The van der Waals surface area contributed by atoms with Gasteiger partial charge in [-0.2, -0.15) is 0 Å². The summed E-state index contributed by atoms with van der Waals surface area (Å²) in [4.78, 5) is 23.7. The van der Waals surface area contributed by atoms with Crippen LogP contribution in [0.1, 0.15) is 22.6 Å². The molecule has 1 atom stereocenters. The number of carbonyl (C=O) groups is 2. The van der Waals surface area contributed by atoms with Gasteiger partial charge in [-0.05, 0) is 29.2 Å².